The predicted molar refractivity (Wildman–Crippen MR) is 95.8 cm³/mol. The number of nitrogens with zero attached hydrogens (tertiary/aromatic N) is 2. The Morgan fingerprint density at radius 3 is 2.92 bits per heavy atom. The molecule has 8 heteroatoms. The number of hydrogen-bond donors (Lipinski definition) is 2. The molecule has 2 N–H and O–H groups in total. The van der Waals surface area contributed by atoms with E-state index in [4.69, 9.17) is 9.47 Å². The summed E-state index contributed by atoms with van der Waals surface area (Å²) < 4.78 is 10.7. The van der Waals surface area contributed by atoms with E-state index in [9.17, 15) is 9.59 Å². The largest absolute Gasteiger partial charge is 0.482 e. The molecule has 2 aromatic rings. The highest BCUT2D eigenvalue weighted by Gasteiger charge is 2.21. The summed E-state index contributed by atoms with van der Waals surface area (Å²) in [4.78, 5) is 30.7. The molecule has 0 atom stereocenters. The average molecular weight is 354 g/mol. The molecule has 26 heavy (non-hydrogen) atoms. The Morgan fingerprint density at radius 1 is 1.23 bits per heavy atom. The van der Waals surface area contributed by atoms with E-state index in [0.29, 0.717) is 54.8 Å². The lowest BCUT2D eigenvalue weighted by atomic mass is 10.2. The summed E-state index contributed by atoms with van der Waals surface area (Å²) in [7, 11) is 0. The van der Waals surface area contributed by atoms with E-state index >= 15 is 0 Å². The Morgan fingerprint density at radius 2 is 2.08 bits per heavy atom. The normalized spacial score (nSPS) is 16.3. The van der Waals surface area contributed by atoms with Crippen molar-refractivity contribution in [3.63, 3.8) is 0 Å². The Bertz CT molecular complexity index is 849. The second kappa shape index (κ2) is 7.01. The maximum absolute atomic E-state index is 12.8. The number of carbonyl (C=O) groups excluding carboxylic acids is 2. The molecule has 1 saturated heterocycles. The summed E-state index contributed by atoms with van der Waals surface area (Å²) in [6.07, 6.45) is 1.67. The molecule has 1 fully saturated rings. The molecule has 4 rings (SSSR count). The Kier molecular flexibility index (Phi) is 4.40. The number of fused-ring (bicyclic) bond motifs is 1. The molecule has 0 spiro atoms. The van der Waals surface area contributed by atoms with Crippen molar-refractivity contribution in [2.45, 2.75) is 0 Å². The topological polar surface area (TPSA) is 92.8 Å². The van der Waals surface area contributed by atoms with Crippen LogP contribution in [-0.4, -0.2) is 49.7 Å². The quantitative estimate of drug-likeness (QED) is 0.868. The number of pyridine rings is 1. The van der Waals surface area contributed by atoms with Gasteiger partial charge in [0.1, 0.15) is 11.6 Å². The van der Waals surface area contributed by atoms with Gasteiger partial charge in [-0.25, -0.2) is 4.98 Å². The third-order valence-electron chi connectivity index (χ3n) is 4.21. The number of anilines is 3. The number of benzene rings is 1. The van der Waals surface area contributed by atoms with Gasteiger partial charge in [0.15, 0.2) is 6.61 Å². The van der Waals surface area contributed by atoms with Crippen LogP contribution < -0.4 is 20.3 Å². The van der Waals surface area contributed by atoms with E-state index in [0.717, 1.165) is 0 Å². The molecule has 2 amide bonds. The Labute approximate surface area is 150 Å². The zero-order valence-electron chi connectivity index (χ0n) is 14.0. The van der Waals surface area contributed by atoms with Gasteiger partial charge in [-0.05, 0) is 30.3 Å². The molecule has 0 radical (unpaired) electrons. The van der Waals surface area contributed by atoms with Crippen molar-refractivity contribution in [3.8, 4) is 5.75 Å². The fraction of sp³-hybridized carbons (Fsp3) is 0.278. The van der Waals surface area contributed by atoms with Crippen LogP contribution in [-0.2, 0) is 9.53 Å². The molecule has 0 unspecified atom stereocenters. The fourth-order valence-electron chi connectivity index (χ4n) is 2.96. The van der Waals surface area contributed by atoms with Crippen LogP contribution in [0.4, 0.5) is 17.2 Å². The summed E-state index contributed by atoms with van der Waals surface area (Å²) in [5.41, 5.74) is 1.60. The minimum absolute atomic E-state index is 0.00268. The number of ether oxygens (including phenoxy) is 2. The van der Waals surface area contributed by atoms with Crippen molar-refractivity contribution in [1.29, 1.82) is 0 Å². The maximum atomic E-state index is 12.8. The molecule has 2 aliphatic rings. The lowest BCUT2D eigenvalue weighted by molar-refractivity contribution is -0.118. The van der Waals surface area contributed by atoms with E-state index < -0.39 is 0 Å². The summed E-state index contributed by atoms with van der Waals surface area (Å²) in [6, 6.07) is 8.61. The lowest BCUT2D eigenvalue weighted by Gasteiger charge is -2.29. The van der Waals surface area contributed by atoms with Gasteiger partial charge in [0, 0.05) is 25.0 Å². The Balaban J connectivity index is 1.55. The first-order valence-corrected chi connectivity index (χ1v) is 8.36. The molecular weight excluding hydrogens is 336 g/mol. The SMILES string of the molecule is O=C1COc2ccc(NC(=O)c3cccnc3N3CCOCC3)cc2N1. The second-order valence-electron chi connectivity index (χ2n) is 5.98. The third-order valence-corrected chi connectivity index (χ3v) is 4.21. The van der Waals surface area contributed by atoms with Crippen molar-refractivity contribution in [1.82, 2.24) is 4.98 Å². The van der Waals surface area contributed by atoms with Gasteiger partial charge in [0.05, 0.1) is 24.5 Å². The molecule has 3 heterocycles. The van der Waals surface area contributed by atoms with Crippen molar-refractivity contribution in [2.24, 2.45) is 0 Å². The molecule has 0 bridgehead atoms. The van der Waals surface area contributed by atoms with Gasteiger partial charge < -0.3 is 25.0 Å². The second-order valence-corrected chi connectivity index (χ2v) is 5.98. The molecule has 8 nitrogen and oxygen atoms in total. The van der Waals surface area contributed by atoms with Crippen LogP contribution >= 0.6 is 0 Å². The summed E-state index contributed by atoms with van der Waals surface area (Å²) >= 11 is 0. The molecule has 0 saturated carbocycles. The molecule has 134 valence electrons. The number of carbonyl (C=O) groups is 2. The molecular formula is C18H18N4O4. The zero-order valence-corrected chi connectivity index (χ0v) is 14.0. The average Bonchev–Trinajstić information content (AvgIpc) is 2.68. The number of nitrogens with one attached hydrogen (secondary N) is 2. The lowest BCUT2D eigenvalue weighted by Crippen LogP contribution is -2.38. The van der Waals surface area contributed by atoms with E-state index in [1.165, 1.54) is 0 Å². The standard InChI is InChI=1S/C18H18N4O4/c23-16-11-26-15-4-3-12(10-14(15)21-16)20-18(24)13-2-1-5-19-17(13)22-6-8-25-9-7-22/h1-5,10H,6-9,11H2,(H,20,24)(H,21,23). The predicted octanol–water partition coefficient (Wildman–Crippen LogP) is 1.50. The van der Waals surface area contributed by atoms with Gasteiger partial charge >= 0.3 is 0 Å². The van der Waals surface area contributed by atoms with Crippen LogP contribution in [0.5, 0.6) is 5.75 Å². The highest BCUT2D eigenvalue weighted by molar-refractivity contribution is 6.08. The monoisotopic (exact) mass is 354 g/mol. The van der Waals surface area contributed by atoms with Gasteiger partial charge in [-0.2, -0.15) is 0 Å². The minimum atomic E-state index is -0.261. The minimum Gasteiger partial charge on any atom is -0.482 e. The van der Waals surface area contributed by atoms with Crippen LogP contribution in [0.1, 0.15) is 10.4 Å². The number of rotatable bonds is 3. The van der Waals surface area contributed by atoms with Crippen molar-refractivity contribution in [3.05, 3.63) is 42.1 Å². The Hall–Kier alpha value is -3.13. The molecule has 1 aromatic carbocycles. The maximum Gasteiger partial charge on any atom is 0.262 e. The van der Waals surface area contributed by atoms with E-state index in [1.807, 2.05) is 4.90 Å². The summed E-state index contributed by atoms with van der Waals surface area (Å²) in [6.45, 7) is 2.61. The van der Waals surface area contributed by atoms with Gasteiger partial charge in [-0.3, -0.25) is 9.59 Å². The number of amides is 2. The number of aromatic nitrogens is 1. The smallest absolute Gasteiger partial charge is 0.262 e. The molecule has 0 aliphatic carbocycles. The van der Waals surface area contributed by atoms with E-state index in [2.05, 4.69) is 15.6 Å². The summed E-state index contributed by atoms with van der Waals surface area (Å²) in [5.74, 6) is 0.742. The van der Waals surface area contributed by atoms with Crippen LogP contribution in [0.2, 0.25) is 0 Å². The highest BCUT2D eigenvalue weighted by Crippen LogP contribution is 2.31. The van der Waals surface area contributed by atoms with E-state index in [-0.39, 0.29) is 18.4 Å². The molecule has 1 aromatic heterocycles. The van der Waals surface area contributed by atoms with Crippen LogP contribution in [0.3, 0.4) is 0 Å². The first-order valence-electron chi connectivity index (χ1n) is 8.36. The van der Waals surface area contributed by atoms with Crippen LogP contribution in [0, 0.1) is 0 Å². The highest BCUT2D eigenvalue weighted by atomic mass is 16.5. The van der Waals surface area contributed by atoms with Crippen LogP contribution in [0.15, 0.2) is 36.5 Å². The number of hydrogen-bond acceptors (Lipinski definition) is 6. The van der Waals surface area contributed by atoms with Gasteiger partial charge in [0.2, 0.25) is 0 Å². The van der Waals surface area contributed by atoms with Crippen molar-refractivity contribution < 1.29 is 19.1 Å². The first kappa shape index (κ1) is 16.3. The third kappa shape index (κ3) is 3.31. The van der Waals surface area contributed by atoms with Crippen LogP contribution in [0.25, 0.3) is 0 Å². The zero-order chi connectivity index (χ0) is 17.9. The van der Waals surface area contributed by atoms with Crippen molar-refractivity contribution in [2.75, 3.05) is 48.4 Å². The van der Waals surface area contributed by atoms with Gasteiger partial charge in [-0.15, -0.1) is 0 Å². The van der Waals surface area contributed by atoms with Gasteiger partial charge in [-0.1, -0.05) is 0 Å². The van der Waals surface area contributed by atoms with Crippen molar-refractivity contribution >= 4 is 29.0 Å². The number of morpholine rings is 1. The fourth-order valence-corrected chi connectivity index (χ4v) is 2.96. The summed E-state index contributed by atoms with van der Waals surface area (Å²) in [5, 5.41) is 5.59. The molecule has 2 aliphatic heterocycles. The van der Waals surface area contributed by atoms with E-state index in [1.54, 1.807) is 36.5 Å². The first-order chi connectivity index (χ1) is 12.7. The van der Waals surface area contributed by atoms with Gasteiger partial charge in [0.25, 0.3) is 11.8 Å².